The van der Waals surface area contributed by atoms with Gasteiger partial charge >= 0.3 is 0 Å². The van der Waals surface area contributed by atoms with Crippen LogP contribution < -0.4 is 31.8 Å². The molecule has 0 nitrogen and oxygen atoms in total. The molecule has 0 spiro atoms. The first-order valence-corrected chi connectivity index (χ1v) is 16.0. The minimum Gasteiger partial charge on any atom is -0.0622 e. The van der Waals surface area contributed by atoms with E-state index in [0.29, 0.717) is 0 Å². The Morgan fingerprint density at radius 3 is 0.846 bits per heavy atom. The molecule has 0 fully saturated rings. The Hall–Kier alpha value is -3.82. The molecule has 0 bridgehead atoms. The average Bonchev–Trinajstić information content (AvgIpc) is 3.01. The van der Waals surface area contributed by atoms with E-state index in [0.717, 1.165) is 6.42 Å². The van der Waals surface area contributed by atoms with Crippen molar-refractivity contribution in [3.63, 3.8) is 0 Å². The van der Waals surface area contributed by atoms with Gasteiger partial charge < -0.3 is 0 Å². The van der Waals surface area contributed by atoms with E-state index in [4.69, 9.17) is 0 Å². The van der Waals surface area contributed by atoms with Crippen molar-refractivity contribution in [2.45, 2.75) is 6.42 Å². The van der Waals surface area contributed by atoms with Gasteiger partial charge in [-0.2, -0.15) is 0 Å². The van der Waals surface area contributed by atoms with Crippen LogP contribution in [0, 0.1) is 0 Å². The van der Waals surface area contributed by atoms with Crippen LogP contribution in [0.2, 0.25) is 0 Å². The maximum absolute atomic E-state index is 2.35. The van der Waals surface area contributed by atoms with E-state index in [-0.39, 0.29) is 0 Å². The monoisotopic (exact) mass is 536 g/mol. The second-order valence-electron chi connectivity index (χ2n) is 9.45. The highest BCUT2D eigenvalue weighted by molar-refractivity contribution is 7.80. The molecule has 188 valence electrons. The summed E-state index contributed by atoms with van der Waals surface area (Å²) in [7, 11) is -1.34. The highest BCUT2D eigenvalue weighted by Crippen LogP contribution is 2.37. The van der Waals surface area contributed by atoms with Crippen molar-refractivity contribution < 1.29 is 0 Å². The molecule has 39 heavy (non-hydrogen) atoms. The smallest absolute Gasteiger partial charge is 0.00126 e. The molecule has 0 heterocycles. The van der Waals surface area contributed by atoms with Crippen molar-refractivity contribution in [1.29, 1.82) is 0 Å². The van der Waals surface area contributed by atoms with Crippen molar-refractivity contribution in [3.05, 3.63) is 181 Å². The van der Waals surface area contributed by atoms with E-state index in [1.807, 2.05) is 0 Å². The third-order valence-corrected chi connectivity index (χ3v) is 12.0. The zero-order valence-corrected chi connectivity index (χ0v) is 23.6. The van der Waals surface area contributed by atoms with Crippen molar-refractivity contribution in [2.75, 3.05) is 0 Å². The summed E-state index contributed by atoms with van der Waals surface area (Å²) in [5.74, 6) is 0. The SMILES string of the molecule is c1ccc(P(c2ccccc2)c2ccccc2Cc2ccccc2P(c2ccccc2)c2ccccc2)cc1. The van der Waals surface area contributed by atoms with Crippen LogP contribution in [0.15, 0.2) is 170 Å². The maximum atomic E-state index is 2.35. The summed E-state index contributed by atoms with van der Waals surface area (Å²) in [6.45, 7) is 0. The number of rotatable bonds is 8. The Morgan fingerprint density at radius 2 is 0.538 bits per heavy atom. The Labute approximate surface area is 234 Å². The minimum absolute atomic E-state index is 0.670. The predicted octanol–water partition coefficient (Wildman–Crippen LogP) is 6.79. The molecule has 0 atom stereocenters. The van der Waals surface area contributed by atoms with Gasteiger partial charge in [0.2, 0.25) is 0 Å². The highest BCUT2D eigenvalue weighted by atomic mass is 31.1. The first-order valence-electron chi connectivity index (χ1n) is 13.3. The largest absolute Gasteiger partial charge is 0.0622 e. The van der Waals surface area contributed by atoms with Crippen molar-refractivity contribution in [1.82, 2.24) is 0 Å². The molecular weight excluding hydrogens is 506 g/mol. The zero-order valence-electron chi connectivity index (χ0n) is 21.8. The molecule has 0 unspecified atom stereocenters. The fourth-order valence-corrected chi connectivity index (χ4v) is 10.1. The van der Waals surface area contributed by atoms with Crippen molar-refractivity contribution in [3.8, 4) is 0 Å². The van der Waals surface area contributed by atoms with E-state index < -0.39 is 15.8 Å². The average molecular weight is 537 g/mol. The lowest BCUT2D eigenvalue weighted by molar-refractivity contribution is 1.22. The zero-order chi connectivity index (χ0) is 26.3. The van der Waals surface area contributed by atoms with Crippen LogP contribution in [0.25, 0.3) is 0 Å². The van der Waals surface area contributed by atoms with E-state index in [2.05, 4.69) is 170 Å². The third kappa shape index (κ3) is 5.79. The quantitative estimate of drug-likeness (QED) is 0.188. The number of benzene rings is 6. The molecule has 0 aliphatic carbocycles. The van der Waals surface area contributed by atoms with Crippen LogP contribution in [-0.4, -0.2) is 0 Å². The fourth-order valence-electron chi connectivity index (χ4n) is 5.12. The molecule has 0 radical (unpaired) electrons. The molecule has 0 saturated carbocycles. The normalized spacial score (nSPS) is 11.1. The first-order chi connectivity index (χ1) is 19.4. The topological polar surface area (TPSA) is 0 Å². The minimum atomic E-state index is -0.670. The van der Waals surface area contributed by atoms with Crippen molar-refractivity contribution in [2.24, 2.45) is 0 Å². The molecule has 2 heteroatoms. The van der Waals surface area contributed by atoms with Gasteiger partial charge in [-0.15, -0.1) is 0 Å². The van der Waals surface area contributed by atoms with Gasteiger partial charge in [0, 0.05) is 0 Å². The molecule has 0 saturated heterocycles. The van der Waals surface area contributed by atoms with E-state index in [1.54, 1.807) is 0 Å². The number of hydrogen-bond donors (Lipinski definition) is 0. The maximum Gasteiger partial charge on any atom is -0.00126 e. The molecular formula is C37H30P2. The summed E-state index contributed by atoms with van der Waals surface area (Å²) in [4.78, 5) is 0. The van der Waals surface area contributed by atoms with Gasteiger partial charge in [0.1, 0.15) is 0 Å². The molecule has 6 aromatic rings. The summed E-state index contributed by atoms with van der Waals surface area (Å²) in [6, 6.07) is 62.2. The Bertz CT molecular complexity index is 1410. The summed E-state index contributed by atoms with van der Waals surface area (Å²) < 4.78 is 0. The summed E-state index contributed by atoms with van der Waals surface area (Å²) in [5.41, 5.74) is 2.81. The second-order valence-corrected chi connectivity index (χ2v) is 13.8. The van der Waals surface area contributed by atoms with Crippen LogP contribution >= 0.6 is 15.8 Å². The van der Waals surface area contributed by atoms with Gasteiger partial charge in [0.15, 0.2) is 0 Å². The lowest BCUT2D eigenvalue weighted by Gasteiger charge is -2.25. The predicted molar refractivity (Wildman–Crippen MR) is 173 cm³/mol. The van der Waals surface area contributed by atoms with Crippen LogP contribution in [0.3, 0.4) is 0 Å². The van der Waals surface area contributed by atoms with E-state index in [9.17, 15) is 0 Å². The van der Waals surface area contributed by atoms with Crippen LogP contribution in [0.4, 0.5) is 0 Å². The van der Waals surface area contributed by atoms with Crippen LogP contribution in [-0.2, 0) is 6.42 Å². The lowest BCUT2D eigenvalue weighted by atomic mass is 10.1. The highest BCUT2D eigenvalue weighted by Gasteiger charge is 2.22. The summed E-state index contributed by atoms with van der Waals surface area (Å²) >= 11 is 0. The standard InChI is InChI=1S/C37H30P2/c1-5-19-32(20-6-1)38(33-21-7-2-8-22-33)36-27-15-13-17-30(36)29-31-18-14-16-28-37(31)39(34-23-9-3-10-24-34)35-25-11-4-12-26-35/h1-28H,29H2. The van der Waals surface area contributed by atoms with Gasteiger partial charge in [-0.3, -0.25) is 0 Å². The Morgan fingerprint density at radius 1 is 0.282 bits per heavy atom. The molecule has 0 N–H and O–H groups in total. The number of hydrogen-bond acceptors (Lipinski definition) is 0. The Balaban J connectivity index is 1.46. The van der Waals surface area contributed by atoms with Gasteiger partial charge in [-0.1, -0.05) is 170 Å². The second kappa shape index (κ2) is 12.4. The van der Waals surface area contributed by atoms with Crippen LogP contribution in [0.1, 0.15) is 11.1 Å². The van der Waals surface area contributed by atoms with Crippen molar-refractivity contribution >= 4 is 47.7 Å². The van der Waals surface area contributed by atoms with Gasteiger partial charge in [-0.05, 0) is 65.2 Å². The third-order valence-electron chi connectivity index (χ3n) is 6.90. The Kier molecular flexibility index (Phi) is 8.07. The lowest BCUT2D eigenvalue weighted by Crippen LogP contribution is -2.26. The van der Waals surface area contributed by atoms with E-state index >= 15 is 0 Å². The van der Waals surface area contributed by atoms with Gasteiger partial charge in [-0.25, -0.2) is 0 Å². The first kappa shape index (κ1) is 25.5. The molecule has 0 aliphatic heterocycles. The molecule has 6 rings (SSSR count). The summed E-state index contributed by atoms with van der Waals surface area (Å²) in [6.07, 6.45) is 0.906. The molecule has 0 amide bonds. The van der Waals surface area contributed by atoms with Gasteiger partial charge in [0.05, 0.1) is 0 Å². The van der Waals surface area contributed by atoms with Crippen LogP contribution in [0.5, 0.6) is 0 Å². The van der Waals surface area contributed by atoms with Gasteiger partial charge in [0.25, 0.3) is 0 Å². The molecule has 0 aromatic heterocycles. The fraction of sp³-hybridized carbons (Fsp3) is 0.0270. The molecule has 0 aliphatic rings. The molecule has 6 aromatic carbocycles. The van der Waals surface area contributed by atoms with E-state index in [1.165, 1.54) is 43.0 Å². The summed E-state index contributed by atoms with van der Waals surface area (Å²) in [5, 5.41) is 8.41.